The lowest BCUT2D eigenvalue weighted by atomic mass is 9.82. The quantitative estimate of drug-likeness (QED) is 0.705. The van der Waals surface area contributed by atoms with Gasteiger partial charge in [-0.25, -0.2) is 0 Å². The molecular formula is C24H29NO3. The lowest BCUT2D eigenvalue weighted by Crippen LogP contribution is -2.52. The smallest absolute Gasteiger partial charge is 0.314 e. The summed E-state index contributed by atoms with van der Waals surface area (Å²) in [6.07, 6.45) is 2.30. The van der Waals surface area contributed by atoms with Crippen molar-refractivity contribution >= 4 is 5.97 Å². The molecule has 0 spiro atoms. The molecule has 2 aromatic carbocycles. The summed E-state index contributed by atoms with van der Waals surface area (Å²) in [5.74, 6) is 0.870. The minimum atomic E-state index is -0.330. The van der Waals surface area contributed by atoms with Crippen LogP contribution < -0.4 is 4.74 Å². The van der Waals surface area contributed by atoms with Crippen molar-refractivity contribution in [2.24, 2.45) is 5.92 Å². The molecule has 0 amide bonds. The third kappa shape index (κ3) is 3.93. The molecule has 3 aliphatic rings. The number of carbonyl (C=O) groups excluding carboxylic acids is 1. The highest BCUT2D eigenvalue weighted by Gasteiger charge is 2.39. The maximum Gasteiger partial charge on any atom is 0.314 e. The number of rotatable bonds is 6. The summed E-state index contributed by atoms with van der Waals surface area (Å²) in [6.45, 7) is 5.26. The molecule has 28 heavy (non-hydrogen) atoms. The molecule has 3 fully saturated rings. The Labute approximate surface area is 167 Å². The molecule has 148 valence electrons. The van der Waals surface area contributed by atoms with Crippen LogP contribution in [-0.4, -0.2) is 43.7 Å². The van der Waals surface area contributed by atoms with Crippen molar-refractivity contribution in [3.8, 4) is 5.75 Å². The summed E-state index contributed by atoms with van der Waals surface area (Å²) in [5, 5.41) is 0. The highest BCUT2D eigenvalue weighted by Crippen LogP contribution is 2.37. The van der Waals surface area contributed by atoms with Crippen LogP contribution in [0.4, 0.5) is 0 Å². The van der Waals surface area contributed by atoms with Crippen LogP contribution in [0.15, 0.2) is 54.6 Å². The Hall–Kier alpha value is -2.33. The van der Waals surface area contributed by atoms with Gasteiger partial charge in [-0.05, 0) is 61.0 Å². The molecule has 3 unspecified atom stereocenters. The van der Waals surface area contributed by atoms with Crippen LogP contribution in [0.3, 0.4) is 0 Å². The van der Waals surface area contributed by atoms with Crippen molar-refractivity contribution in [3.63, 3.8) is 0 Å². The van der Waals surface area contributed by atoms with Crippen LogP contribution in [0, 0.1) is 5.92 Å². The number of esters is 1. The molecule has 3 heterocycles. The lowest BCUT2D eigenvalue weighted by molar-refractivity contribution is -0.161. The molecule has 3 saturated heterocycles. The Balaban J connectivity index is 1.59. The molecule has 5 rings (SSSR count). The van der Waals surface area contributed by atoms with Crippen molar-refractivity contribution in [2.75, 3.05) is 26.7 Å². The van der Waals surface area contributed by atoms with Crippen molar-refractivity contribution in [1.29, 1.82) is 0 Å². The third-order valence-electron chi connectivity index (χ3n) is 6.40. The van der Waals surface area contributed by atoms with Gasteiger partial charge in [-0.3, -0.25) is 9.69 Å². The van der Waals surface area contributed by atoms with E-state index in [9.17, 15) is 4.79 Å². The number of carbonyl (C=O) groups is 1. The van der Waals surface area contributed by atoms with E-state index in [1.807, 2.05) is 48.5 Å². The van der Waals surface area contributed by atoms with Gasteiger partial charge >= 0.3 is 5.97 Å². The summed E-state index contributed by atoms with van der Waals surface area (Å²) in [4.78, 5) is 15.8. The standard InChI is InChI=1S/C24H29NO3/c1-17(20-9-6-10-21(15-20)27-2)23(19-7-4-3-5-8-19)24(26)28-22-16-25-13-11-18(22)12-14-25/h3-10,15,17-18,22-23H,11-14,16H2,1-2H3. The maximum atomic E-state index is 13.4. The Morgan fingerprint density at radius 1 is 1.04 bits per heavy atom. The number of hydrogen-bond acceptors (Lipinski definition) is 4. The van der Waals surface area contributed by atoms with E-state index in [4.69, 9.17) is 9.47 Å². The molecule has 3 aliphatic heterocycles. The molecule has 0 radical (unpaired) electrons. The van der Waals surface area contributed by atoms with Crippen molar-refractivity contribution < 1.29 is 14.3 Å². The van der Waals surface area contributed by atoms with Gasteiger partial charge < -0.3 is 9.47 Å². The number of benzene rings is 2. The highest BCUT2D eigenvalue weighted by molar-refractivity contribution is 5.80. The summed E-state index contributed by atoms with van der Waals surface area (Å²) >= 11 is 0. The molecule has 2 aromatic rings. The summed E-state index contributed by atoms with van der Waals surface area (Å²) in [6, 6.07) is 18.0. The van der Waals surface area contributed by atoms with Gasteiger partial charge in [0.1, 0.15) is 11.9 Å². The fraction of sp³-hybridized carbons (Fsp3) is 0.458. The molecule has 0 aliphatic carbocycles. The molecule has 4 nitrogen and oxygen atoms in total. The number of nitrogens with zero attached hydrogens (tertiary/aromatic N) is 1. The van der Waals surface area contributed by atoms with Crippen LogP contribution in [0.25, 0.3) is 0 Å². The summed E-state index contributed by atoms with van der Waals surface area (Å²) in [5.41, 5.74) is 2.09. The molecule has 0 N–H and O–H groups in total. The summed E-state index contributed by atoms with van der Waals surface area (Å²) in [7, 11) is 1.67. The largest absolute Gasteiger partial charge is 0.497 e. The topological polar surface area (TPSA) is 38.8 Å². The van der Waals surface area contributed by atoms with E-state index in [0.717, 1.165) is 49.4 Å². The average Bonchev–Trinajstić information content (AvgIpc) is 2.75. The molecule has 0 aromatic heterocycles. The zero-order chi connectivity index (χ0) is 19.5. The Morgan fingerprint density at radius 2 is 1.75 bits per heavy atom. The molecular weight excluding hydrogens is 350 g/mol. The second-order valence-electron chi connectivity index (χ2n) is 8.07. The second-order valence-corrected chi connectivity index (χ2v) is 8.07. The fourth-order valence-corrected chi connectivity index (χ4v) is 4.67. The van der Waals surface area contributed by atoms with E-state index < -0.39 is 0 Å². The van der Waals surface area contributed by atoms with E-state index in [1.54, 1.807) is 7.11 Å². The monoisotopic (exact) mass is 379 g/mol. The first-order chi connectivity index (χ1) is 13.7. The van der Waals surface area contributed by atoms with Gasteiger partial charge in [0.2, 0.25) is 0 Å². The van der Waals surface area contributed by atoms with E-state index >= 15 is 0 Å². The predicted molar refractivity (Wildman–Crippen MR) is 110 cm³/mol. The van der Waals surface area contributed by atoms with Crippen LogP contribution >= 0.6 is 0 Å². The number of hydrogen-bond donors (Lipinski definition) is 0. The van der Waals surface area contributed by atoms with Crippen LogP contribution in [0.1, 0.15) is 42.7 Å². The summed E-state index contributed by atoms with van der Waals surface area (Å²) < 4.78 is 11.5. The SMILES string of the molecule is COc1cccc(C(C)C(C(=O)OC2CN3CCC2CC3)c2ccccc2)c1. The van der Waals surface area contributed by atoms with Crippen LogP contribution in [0.2, 0.25) is 0 Å². The number of ether oxygens (including phenoxy) is 2. The number of methoxy groups -OCH3 is 1. The number of piperidine rings is 3. The van der Waals surface area contributed by atoms with Gasteiger partial charge in [0.25, 0.3) is 0 Å². The zero-order valence-electron chi connectivity index (χ0n) is 16.7. The first-order valence-corrected chi connectivity index (χ1v) is 10.3. The normalized spacial score (nSPS) is 25.7. The van der Waals surface area contributed by atoms with Gasteiger partial charge in [0, 0.05) is 6.54 Å². The van der Waals surface area contributed by atoms with Gasteiger partial charge in [-0.15, -0.1) is 0 Å². The van der Waals surface area contributed by atoms with Gasteiger partial charge in [-0.2, -0.15) is 0 Å². The van der Waals surface area contributed by atoms with E-state index in [-0.39, 0.29) is 23.9 Å². The highest BCUT2D eigenvalue weighted by atomic mass is 16.5. The first-order valence-electron chi connectivity index (χ1n) is 10.3. The maximum absolute atomic E-state index is 13.4. The minimum Gasteiger partial charge on any atom is -0.497 e. The molecule has 4 heteroatoms. The van der Waals surface area contributed by atoms with Gasteiger partial charge in [0.15, 0.2) is 0 Å². The zero-order valence-corrected chi connectivity index (χ0v) is 16.7. The van der Waals surface area contributed by atoms with Crippen molar-refractivity contribution in [3.05, 3.63) is 65.7 Å². The van der Waals surface area contributed by atoms with Gasteiger partial charge in [0.05, 0.1) is 13.0 Å². The van der Waals surface area contributed by atoms with Crippen LogP contribution in [-0.2, 0) is 9.53 Å². The van der Waals surface area contributed by atoms with Crippen LogP contribution in [0.5, 0.6) is 5.75 Å². The Kier molecular flexibility index (Phi) is 5.67. The Morgan fingerprint density at radius 3 is 2.39 bits per heavy atom. The average molecular weight is 380 g/mol. The lowest BCUT2D eigenvalue weighted by Gasteiger charge is -2.44. The Bertz CT molecular complexity index is 799. The van der Waals surface area contributed by atoms with Crippen molar-refractivity contribution in [2.45, 2.75) is 37.7 Å². The van der Waals surface area contributed by atoms with E-state index in [0.29, 0.717) is 5.92 Å². The number of fused-ring (bicyclic) bond motifs is 3. The minimum absolute atomic E-state index is 0.00826. The van der Waals surface area contributed by atoms with E-state index in [1.165, 1.54) is 0 Å². The first kappa shape index (κ1) is 19.0. The second kappa shape index (κ2) is 8.36. The van der Waals surface area contributed by atoms with E-state index in [2.05, 4.69) is 17.9 Å². The fourth-order valence-electron chi connectivity index (χ4n) is 4.67. The van der Waals surface area contributed by atoms with Crippen molar-refractivity contribution in [1.82, 2.24) is 4.90 Å². The molecule has 3 atom stereocenters. The van der Waals surface area contributed by atoms with Gasteiger partial charge in [-0.1, -0.05) is 49.4 Å². The molecule has 2 bridgehead atoms. The molecule has 0 saturated carbocycles. The third-order valence-corrected chi connectivity index (χ3v) is 6.40. The predicted octanol–water partition coefficient (Wildman–Crippen LogP) is 4.22.